The third kappa shape index (κ3) is 10.1. The number of anilines is 3. The van der Waals surface area contributed by atoms with E-state index in [0.29, 0.717) is 53.8 Å². The summed E-state index contributed by atoms with van der Waals surface area (Å²) in [5, 5.41) is 7.02. The molecule has 4 aromatic rings. The quantitative estimate of drug-likeness (QED) is 0.0574. The van der Waals surface area contributed by atoms with Gasteiger partial charge < -0.3 is 34.5 Å². The van der Waals surface area contributed by atoms with Crippen molar-refractivity contribution < 1.29 is 23.7 Å². The topological polar surface area (TPSA) is 107 Å². The van der Waals surface area contributed by atoms with Gasteiger partial charge in [-0.05, 0) is 82.0 Å². The number of methoxy groups -OCH3 is 1. The number of fused-ring (bicyclic) bond motifs is 5. The molecule has 10 nitrogen and oxygen atoms in total. The molecule has 300 valence electrons. The monoisotopic (exact) mass is 807 g/mol. The smallest absolute Gasteiger partial charge is 0.260 e. The van der Waals surface area contributed by atoms with Crippen LogP contribution in [-0.4, -0.2) is 66.6 Å². The van der Waals surface area contributed by atoms with Crippen LogP contribution in [-0.2, 0) is 30.8 Å². The summed E-state index contributed by atoms with van der Waals surface area (Å²) >= 11 is 0. The molecule has 4 heterocycles. The molecule has 3 aliphatic heterocycles. The molecule has 2 N–H and O–H groups in total. The first-order valence-electron chi connectivity index (χ1n) is 19.6. The van der Waals surface area contributed by atoms with Crippen molar-refractivity contribution >= 4 is 50.8 Å². The number of hydrogen-bond acceptors (Lipinski definition) is 11. The Hall–Kier alpha value is -4.65. The molecule has 0 radical (unpaired) electrons. The Balaban J connectivity index is 1.01. The molecule has 3 atom stereocenters. The van der Waals surface area contributed by atoms with Crippen molar-refractivity contribution in [1.29, 1.82) is 0 Å². The summed E-state index contributed by atoms with van der Waals surface area (Å²) in [4.78, 5) is 25.4. The molecule has 0 bridgehead atoms. The molecule has 0 saturated heterocycles. The maximum absolute atomic E-state index is 13.9. The molecule has 3 unspecified atom stereocenters. The van der Waals surface area contributed by atoms with Crippen molar-refractivity contribution in [2.24, 2.45) is 4.99 Å². The molecule has 3 aliphatic rings. The molecule has 0 aliphatic carbocycles. The van der Waals surface area contributed by atoms with Gasteiger partial charge in [-0.1, -0.05) is 64.6 Å². The molecule has 0 saturated carbocycles. The number of rotatable bonds is 18. The van der Waals surface area contributed by atoms with E-state index in [1.807, 2.05) is 71.3 Å². The Bertz CT molecular complexity index is 2080. The van der Waals surface area contributed by atoms with Crippen LogP contribution in [0.2, 0.25) is 0 Å². The summed E-state index contributed by atoms with van der Waals surface area (Å²) < 4.78 is 24.9. The van der Waals surface area contributed by atoms with Gasteiger partial charge in [-0.25, -0.2) is 0 Å². The van der Waals surface area contributed by atoms with Crippen molar-refractivity contribution in [2.45, 2.75) is 89.0 Å². The number of nitrogens with zero attached hydrogens (tertiary/aromatic N) is 3. The van der Waals surface area contributed by atoms with Crippen molar-refractivity contribution in [3.05, 3.63) is 113 Å². The van der Waals surface area contributed by atoms with Crippen molar-refractivity contribution in [1.82, 2.24) is 4.98 Å². The predicted octanol–water partition coefficient (Wildman–Crippen LogP) is 9.53. The van der Waals surface area contributed by atoms with Gasteiger partial charge in [-0.15, -0.1) is 0 Å². The van der Waals surface area contributed by atoms with Gasteiger partial charge in [0.2, 0.25) is 0 Å². The number of para-hydroxylation sites is 2. The summed E-state index contributed by atoms with van der Waals surface area (Å²) in [5.41, 5.74) is 8.07. The number of carbonyl (C=O) groups is 1. The maximum atomic E-state index is 13.9. The highest BCUT2D eigenvalue weighted by molar-refractivity contribution is 8.76. The standard InChI is InChI=1S/C45H53N5O5S2/c1-29(46-25-33-19-31-12-7-9-14-39(31)49-33)18-30(2)54-27-34-21-37(53-17-11-16-45(3,4)57-56-6)22-35(48-34)28-55-43-24-40-38(23-42(43)52-5)44(51)50-36(26-47-40)20-32-13-8-10-15-41(32)50/h7-10,12-15,21-25,30,33,36,47,49H,1,11,16-20,26-28H2,2-6H3/b46-25-. The normalized spacial score (nSPS) is 17.5. The second kappa shape index (κ2) is 18.3. The van der Waals surface area contributed by atoms with Crippen LogP contribution < -0.4 is 29.7 Å². The minimum atomic E-state index is -0.131. The molecule has 1 amide bonds. The van der Waals surface area contributed by atoms with Crippen LogP contribution in [0.3, 0.4) is 0 Å². The van der Waals surface area contributed by atoms with E-state index in [0.717, 1.165) is 48.4 Å². The average molecular weight is 808 g/mol. The summed E-state index contributed by atoms with van der Waals surface area (Å²) in [6.45, 7) is 12.4. The van der Waals surface area contributed by atoms with E-state index < -0.39 is 0 Å². The van der Waals surface area contributed by atoms with Crippen molar-refractivity contribution in [3.8, 4) is 17.2 Å². The number of amides is 1. The van der Waals surface area contributed by atoms with Crippen LogP contribution in [0.4, 0.5) is 17.1 Å². The van der Waals surface area contributed by atoms with E-state index in [1.54, 1.807) is 24.0 Å². The minimum Gasteiger partial charge on any atom is -0.493 e. The highest BCUT2D eigenvalue weighted by atomic mass is 33.1. The van der Waals surface area contributed by atoms with E-state index in [4.69, 9.17) is 23.9 Å². The van der Waals surface area contributed by atoms with Crippen LogP contribution in [0.5, 0.6) is 17.2 Å². The maximum Gasteiger partial charge on any atom is 0.260 e. The Morgan fingerprint density at radius 1 is 1.02 bits per heavy atom. The Kier molecular flexibility index (Phi) is 13.0. The third-order valence-corrected chi connectivity index (χ3v) is 13.1. The number of benzene rings is 3. The largest absolute Gasteiger partial charge is 0.493 e. The van der Waals surface area contributed by atoms with Crippen LogP contribution in [0, 0.1) is 0 Å². The first kappa shape index (κ1) is 40.5. The molecule has 7 rings (SSSR count). The van der Waals surface area contributed by atoms with Gasteiger partial charge >= 0.3 is 0 Å². The highest BCUT2D eigenvalue weighted by Gasteiger charge is 2.37. The molecular weight excluding hydrogens is 755 g/mol. The van der Waals surface area contributed by atoms with Gasteiger partial charge in [0.15, 0.2) is 11.5 Å². The highest BCUT2D eigenvalue weighted by Crippen LogP contribution is 2.41. The predicted molar refractivity (Wildman–Crippen MR) is 235 cm³/mol. The number of hydrogen-bond donors (Lipinski definition) is 2. The lowest BCUT2D eigenvalue weighted by Crippen LogP contribution is -2.39. The van der Waals surface area contributed by atoms with Crippen LogP contribution in [0.1, 0.15) is 72.9 Å². The van der Waals surface area contributed by atoms with Gasteiger partial charge in [-0.2, -0.15) is 0 Å². The average Bonchev–Trinajstić information content (AvgIpc) is 3.76. The van der Waals surface area contributed by atoms with Gasteiger partial charge in [0.05, 0.1) is 61.1 Å². The number of pyridine rings is 1. The summed E-state index contributed by atoms with van der Waals surface area (Å²) in [6.07, 6.45) is 8.19. The van der Waals surface area contributed by atoms with E-state index in [-0.39, 0.29) is 42.1 Å². The minimum absolute atomic E-state index is 0.0295. The number of aliphatic imine (C=N–C) groups is 1. The number of nitrogens with one attached hydrogen (secondary N) is 2. The van der Waals surface area contributed by atoms with E-state index in [1.165, 1.54) is 11.1 Å². The van der Waals surface area contributed by atoms with Crippen LogP contribution in [0.25, 0.3) is 0 Å². The lowest BCUT2D eigenvalue weighted by Gasteiger charge is -2.22. The molecular formula is C45H53N5O5S2. The molecule has 0 fully saturated rings. The Labute approximate surface area is 344 Å². The number of ether oxygens (including phenoxy) is 4. The molecule has 0 spiro atoms. The van der Waals surface area contributed by atoms with Crippen LogP contribution in [0.15, 0.2) is 90.1 Å². The zero-order chi connectivity index (χ0) is 39.9. The van der Waals surface area contributed by atoms with E-state index in [9.17, 15) is 4.79 Å². The van der Waals surface area contributed by atoms with Gasteiger partial charge in [0.25, 0.3) is 5.91 Å². The number of carbonyl (C=O) groups excluding carboxylic acids is 1. The van der Waals surface area contributed by atoms with E-state index >= 15 is 0 Å². The SMILES string of the molecule is C=C(CC(C)OCc1cc(OCCCC(C)(C)SSC)cc(COc2cc3c(cc2OC)C(=O)N2c4ccccc4CC2CN3)n1)/N=C\C1Cc2ccccc2N1. The molecule has 57 heavy (non-hydrogen) atoms. The summed E-state index contributed by atoms with van der Waals surface area (Å²) in [7, 11) is 5.27. The zero-order valence-corrected chi connectivity index (χ0v) is 35.1. The first-order valence-corrected chi connectivity index (χ1v) is 22.2. The fraction of sp³-hybridized carbons (Fsp3) is 0.400. The zero-order valence-electron chi connectivity index (χ0n) is 33.5. The summed E-state index contributed by atoms with van der Waals surface area (Å²) in [6, 6.07) is 24.1. The second-order valence-electron chi connectivity index (χ2n) is 15.4. The fourth-order valence-corrected chi connectivity index (χ4v) is 9.93. The third-order valence-electron chi connectivity index (χ3n) is 10.4. The Morgan fingerprint density at radius 2 is 1.79 bits per heavy atom. The number of aromatic nitrogens is 1. The fourth-order valence-electron chi connectivity index (χ4n) is 7.65. The van der Waals surface area contributed by atoms with Crippen molar-refractivity contribution in [3.63, 3.8) is 0 Å². The first-order chi connectivity index (χ1) is 27.6. The Morgan fingerprint density at radius 3 is 2.58 bits per heavy atom. The van der Waals surface area contributed by atoms with Gasteiger partial charge in [0, 0.05) is 59.2 Å². The van der Waals surface area contributed by atoms with Gasteiger partial charge in [0.1, 0.15) is 12.4 Å². The van der Waals surface area contributed by atoms with Crippen LogP contribution >= 0.6 is 21.6 Å². The lowest BCUT2D eigenvalue weighted by atomic mass is 10.1. The molecule has 1 aromatic heterocycles. The molecule has 3 aromatic carbocycles. The molecule has 12 heteroatoms. The summed E-state index contributed by atoms with van der Waals surface area (Å²) in [5.74, 6) is 1.65. The van der Waals surface area contributed by atoms with Gasteiger partial charge in [-0.3, -0.25) is 14.8 Å². The second-order valence-corrected chi connectivity index (χ2v) is 18.5. The van der Waals surface area contributed by atoms with E-state index in [2.05, 4.69) is 66.6 Å². The van der Waals surface area contributed by atoms with Crippen molar-refractivity contribution in [2.75, 3.05) is 42.1 Å². The lowest BCUT2D eigenvalue weighted by molar-refractivity contribution is 0.0511.